The highest BCUT2D eigenvalue weighted by atomic mass is 79.9. The molecule has 1 N–H and O–H groups in total. The van der Waals surface area contributed by atoms with Crippen molar-refractivity contribution in [3.05, 3.63) is 34.6 Å². The molecule has 0 atom stereocenters. The van der Waals surface area contributed by atoms with Gasteiger partial charge >= 0.3 is 0 Å². The van der Waals surface area contributed by atoms with Gasteiger partial charge in [-0.25, -0.2) is 4.39 Å². The number of amides is 1. The lowest BCUT2D eigenvalue weighted by atomic mass is 10.2. The van der Waals surface area contributed by atoms with E-state index >= 15 is 0 Å². The van der Waals surface area contributed by atoms with Crippen LogP contribution in [-0.4, -0.2) is 31.0 Å². The summed E-state index contributed by atoms with van der Waals surface area (Å²) in [6, 6.07) is 3.89. The Kier molecular flexibility index (Phi) is 7.23. The van der Waals surface area contributed by atoms with Gasteiger partial charge in [0.15, 0.2) is 0 Å². The number of nitrogens with one attached hydrogen (secondary N) is 1. The van der Waals surface area contributed by atoms with Crippen LogP contribution in [0.25, 0.3) is 0 Å². The van der Waals surface area contributed by atoms with Gasteiger partial charge in [-0.2, -0.15) is 0 Å². The molecule has 0 saturated heterocycles. The van der Waals surface area contributed by atoms with Crippen molar-refractivity contribution in [2.75, 3.05) is 25.1 Å². The molecule has 18 heavy (non-hydrogen) atoms. The molecule has 6 heteroatoms. The fraction of sp³-hybridized carbons (Fsp3) is 0.417. The second-order valence-corrected chi connectivity index (χ2v) is 4.76. The third kappa shape index (κ3) is 5.33. The molecule has 0 bridgehead atoms. The van der Waals surface area contributed by atoms with Crippen molar-refractivity contribution in [3.8, 4) is 0 Å². The largest absolute Gasteiger partial charge is 0.381 e. The Morgan fingerprint density at radius 1 is 1.44 bits per heavy atom. The van der Waals surface area contributed by atoms with Gasteiger partial charge in [0.25, 0.3) is 5.91 Å². The maximum absolute atomic E-state index is 13.3. The summed E-state index contributed by atoms with van der Waals surface area (Å²) in [4.78, 5) is 11.6. The monoisotopic (exact) mass is 337 g/mol. The minimum absolute atomic E-state index is 0.0381. The number of halogens is 3. The molecule has 0 aliphatic carbocycles. The number of hydrogen-bond acceptors (Lipinski definition) is 2. The maximum atomic E-state index is 13.3. The molecule has 0 saturated carbocycles. The van der Waals surface area contributed by atoms with Gasteiger partial charge in [0.2, 0.25) is 0 Å². The van der Waals surface area contributed by atoms with Crippen molar-refractivity contribution in [1.29, 1.82) is 0 Å². The Hall–Kier alpha value is -0.650. The van der Waals surface area contributed by atoms with E-state index in [0.29, 0.717) is 31.2 Å². The molecule has 0 aliphatic rings. The molecule has 1 amide bonds. The molecular weight excluding hydrogens is 324 g/mol. The predicted molar refractivity (Wildman–Crippen MR) is 73.0 cm³/mol. The SMILES string of the molecule is O=C(NCCCOCCBr)c1cc(Cl)ccc1F. The average Bonchev–Trinajstić information content (AvgIpc) is 2.36. The zero-order chi connectivity index (χ0) is 13.4. The lowest BCUT2D eigenvalue weighted by Gasteiger charge is -2.06. The highest BCUT2D eigenvalue weighted by Crippen LogP contribution is 2.14. The van der Waals surface area contributed by atoms with Crippen LogP contribution in [0, 0.1) is 5.82 Å². The average molecular weight is 339 g/mol. The van der Waals surface area contributed by atoms with E-state index in [-0.39, 0.29) is 5.56 Å². The van der Waals surface area contributed by atoms with Crippen molar-refractivity contribution >= 4 is 33.4 Å². The third-order valence-corrected chi connectivity index (χ3v) is 2.70. The van der Waals surface area contributed by atoms with Crippen molar-refractivity contribution in [2.45, 2.75) is 6.42 Å². The first-order valence-corrected chi connectivity index (χ1v) is 7.02. The number of carbonyl (C=O) groups excluding carboxylic acids is 1. The first-order chi connectivity index (χ1) is 8.65. The number of hydrogen-bond donors (Lipinski definition) is 1. The van der Waals surface area contributed by atoms with Crippen LogP contribution in [0.4, 0.5) is 4.39 Å². The second-order valence-electron chi connectivity index (χ2n) is 3.53. The molecule has 0 aliphatic heterocycles. The minimum atomic E-state index is -0.576. The molecule has 1 aromatic carbocycles. The van der Waals surface area contributed by atoms with Crippen molar-refractivity contribution in [1.82, 2.24) is 5.32 Å². The van der Waals surface area contributed by atoms with Gasteiger partial charge in [-0.05, 0) is 24.6 Å². The van der Waals surface area contributed by atoms with E-state index in [9.17, 15) is 9.18 Å². The number of carbonyl (C=O) groups is 1. The summed E-state index contributed by atoms with van der Waals surface area (Å²) in [6.45, 7) is 1.63. The number of alkyl halides is 1. The number of rotatable bonds is 7. The zero-order valence-corrected chi connectivity index (χ0v) is 12.1. The standard InChI is InChI=1S/C12H14BrClFNO2/c13-4-7-18-6-1-5-16-12(17)10-8-9(14)2-3-11(10)15/h2-3,8H,1,4-7H2,(H,16,17). The highest BCUT2D eigenvalue weighted by Gasteiger charge is 2.11. The Balaban J connectivity index is 2.34. The van der Waals surface area contributed by atoms with Gasteiger partial charge in [0, 0.05) is 23.5 Å². The van der Waals surface area contributed by atoms with E-state index in [1.807, 2.05) is 0 Å². The minimum Gasteiger partial charge on any atom is -0.381 e. The zero-order valence-electron chi connectivity index (χ0n) is 9.72. The van der Waals surface area contributed by atoms with Gasteiger partial charge in [-0.15, -0.1) is 0 Å². The molecule has 1 aromatic rings. The number of ether oxygens (including phenoxy) is 1. The fourth-order valence-electron chi connectivity index (χ4n) is 1.30. The van der Waals surface area contributed by atoms with Gasteiger partial charge in [-0.1, -0.05) is 27.5 Å². The van der Waals surface area contributed by atoms with E-state index in [4.69, 9.17) is 16.3 Å². The van der Waals surface area contributed by atoms with E-state index in [1.54, 1.807) is 0 Å². The molecule has 0 heterocycles. The normalized spacial score (nSPS) is 10.4. The fourth-order valence-corrected chi connectivity index (χ4v) is 1.70. The molecule has 0 fully saturated rings. The molecule has 0 spiro atoms. The molecular formula is C12H14BrClFNO2. The van der Waals surface area contributed by atoms with Gasteiger partial charge in [0.1, 0.15) is 5.82 Å². The van der Waals surface area contributed by atoms with Crippen LogP contribution in [0.5, 0.6) is 0 Å². The van der Waals surface area contributed by atoms with E-state index in [1.165, 1.54) is 18.2 Å². The smallest absolute Gasteiger partial charge is 0.254 e. The maximum Gasteiger partial charge on any atom is 0.254 e. The first kappa shape index (κ1) is 15.4. The van der Waals surface area contributed by atoms with Crippen LogP contribution < -0.4 is 5.32 Å². The van der Waals surface area contributed by atoms with Gasteiger partial charge in [-0.3, -0.25) is 4.79 Å². The highest BCUT2D eigenvalue weighted by molar-refractivity contribution is 9.09. The quantitative estimate of drug-likeness (QED) is 0.613. The Morgan fingerprint density at radius 3 is 2.94 bits per heavy atom. The van der Waals surface area contributed by atoms with Crippen LogP contribution in [-0.2, 0) is 4.74 Å². The summed E-state index contributed by atoms with van der Waals surface area (Å²) in [5.41, 5.74) is -0.0381. The Morgan fingerprint density at radius 2 is 2.22 bits per heavy atom. The van der Waals surface area contributed by atoms with Crippen LogP contribution in [0.1, 0.15) is 16.8 Å². The summed E-state index contributed by atoms with van der Waals surface area (Å²) in [6.07, 6.45) is 0.681. The summed E-state index contributed by atoms with van der Waals surface area (Å²) < 4.78 is 18.6. The molecule has 100 valence electrons. The van der Waals surface area contributed by atoms with Gasteiger partial charge < -0.3 is 10.1 Å². The summed E-state index contributed by atoms with van der Waals surface area (Å²) >= 11 is 8.95. The van der Waals surface area contributed by atoms with Crippen molar-refractivity contribution in [2.24, 2.45) is 0 Å². The van der Waals surface area contributed by atoms with Gasteiger partial charge in [0.05, 0.1) is 12.2 Å². The summed E-state index contributed by atoms with van der Waals surface area (Å²) in [7, 11) is 0. The molecule has 0 aromatic heterocycles. The Bertz CT molecular complexity index is 404. The van der Waals surface area contributed by atoms with Crippen molar-refractivity contribution < 1.29 is 13.9 Å². The lowest BCUT2D eigenvalue weighted by molar-refractivity contribution is 0.0940. The topological polar surface area (TPSA) is 38.3 Å². The molecule has 3 nitrogen and oxygen atoms in total. The first-order valence-electron chi connectivity index (χ1n) is 5.52. The molecule has 1 rings (SSSR count). The van der Waals surface area contributed by atoms with E-state index in [0.717, 1.165) is 5.33 Å². The molecule has 0 radical (unpaired) electrons. The predicted octanol–water partition coefficient (Wildman–Crippen LogP) is 3.01. The second kappa shape index (κ2) is 8.45. The Labute approximate surface area is 119 Å². The van der Waals surface area contributed by atoms with Crippen LogP contribution in [0.2, 0.25) is 5.02 Å². The molecule has 0 unspecified atom stereocenters. The third-order valence-electron chi connectivity index (χ3n) is 2.15. The summed E-state index contributed by atoms with van der Waals surface area (Å²) in [5, 5.41) is 3.73. The van der Waals surface area contributed by atoms with Crippen LogP contribution >= 0.6 is 27.5 Å². The van der Waals surface area contributed by atoms with E-state index < -0.39 is 11.7 Å². The van der Waals surface area contributed by atoms with Crippen LogP contribution in [0.15, 0.2) is 18.2 Å². The van der Waals surface area contributed by atoms with E-state index in [2.05, 4.69) is 21.2 Å². The number of benzene rings is 1. The summed E-state index contributed by atoms with van der Waals surface area (Å²) in [5.74, 6) is -1.04. The van der Waals surface area contributed by atoms with Crippen molar-refractivity contribution in [3.63, 3.8) is 0 Å². The lowest BCUT2D eigenvalue weighted by Crippen LogP contribution is -2.26. The van der Waals surface area contributed by atoms with Crippen LogP contribution in [0.3, 0.4) is 0 Å².